The molecule has 0 bridgehead atoms. The fourth-order valence-electron chi connectivity index (χ4n) is 3.00. The van der Waals surface area contributed by atoms with Crippen molar-refractivity contribution in [3.63, 3.8) is 0 Å². The molecular formula is C18H16F3N3O3. The third kappa shape index (κ3) is 3.86. The number of ether oxygens (including phenoxy) is 1. The van der Waals surface area contributed by atoms with Gasteiger partial charge in [0.05, 0.1) is 30.5 Å². The minimum atomic E-state index is -4.58. The summed E-state index contributed by atoms with van der Waals surface area (Å²) >= 11 is 0. The molecule has 0 unspecified atom stereocenters. The molecule has 0 fully saturated rings. The van der Waals surface area contributed by atoms with Crippen molar-refractivity contribution in [2.24, 2.45) is 0 Å². The maximum Gasteiger partial charge on any atom is 0.418 e. The minimum Gasteiger partial charge on any atom is -0.453 e. The fraction of sp³-hybridized carbons (Fsp3) is 0.278. The van der Waals surface area contributed by atoms with Gasteiger partial charge in [0, 0.05) is 18.9 Å². The molecule has 1 N–H and O–H groups in total. The smallest absolute Gasteiger partial charge is 0.418 e. The van der Waals surface area contributed by atoms with Crippen molar-refractivity contribution in [2.45, 2.75) is 19.1 Å². The maximum atomic E-state index is 13.1. The average Bonchev–Trinajstić information content (AvgIpc) is 2.66. The lowest BCUT2D eigenvalue weighted by molar-refractivity contribution is -0.136. The number of fused-ring (bicyclic) bond motifs is 1. The minimum absolute atomic E-state index is 0.189. The summed E-state index contributed by atoms with van der Waals surface area (Å²) in [6.45, 7) is 0.554. The van der Waals surface area contributed by atoms with Gasteiger partial charge in [-0.25, -0.2) is 4.79 Å². The molecule has 1 aliphatic rings. The Hall–Kier alpha value is -3.10. The second-order valence-corrected chi connectivity index (χ2v) is 5.96. The van der Waals surface area contributed by atoms with Crippen molar-refractivity contribution in [2.75, 3.05) is 19.0 Å². The zero-order valence-corrected chi connectivity index (χ0v) is 14.3. The summed E-state index contributed by atoms with van der Waals surface area (Å²) < 4.78 is 44.0. The monoisotopic (exact) mass is 379 g/mol. The molecule has 3 rings (SSSR count). The van der Waals surface area contributed by atoms with Crippen molar-refractivity contribution in [1.82, 2.24) is 9.88 Å². The Morgan fingerprint density at radius 2 is 1.96 bits per heavy atom. The maximum absolute atomic E-state index is 13.1. The number of carbonyl (C=O) groups is 2. The lowest BCUT2D eigenvalue weighted by Gasteiger charge is -2.28. The molecule has 0 spiro atoms. The van der Waals surface area contributed by atoms with E-state index in [1.807, 2.05) is 0 Å². The Morgan fingerprint density at radius 3 is 2.67 bits per heavy atom. The SMILES string of the molecule is COC(=O)N1CCc2c(cncc2C(=O)Nc2ccccc2C(F)(F)F)C1. The van der Waals surface area contributed by atoms with E-state index in [1.165, 1.54) is 42.6 Å². The summed E-state index contributed by atoms with van der Waals surface area (Å²) in [5.74, 6) is -0.678. The predicted molar refractivity (Wildman–Crippen MR) is 90.2 cm³/mol. The van der Waals surface area contributed by atoms with Gasteiger partial charge in [-0.2, -0.15) is 13.2 Å². The van der Waals surface area contributed by atoms with E-state index in [0.717, 1.165) is 6.07 Å². The summed E-state index contributed by atoms with van der Waals surface area (Å²) in [6, 6.07) is 4.77. The number of anilines is 1. The van der Waals surface area contributed by atoms with Crippen LogP contribution in [0.1, 0.15) is 27.0 Å². The van der Waals surface area contributed by atoms with Gasteiger partial charge in [-0.3, -0.25) is 9.78 Å². The third-order valence-electron chi connectivity index (χ3n) is 4.30. The molecular weight excluding hydrogens is 363 g/mol. The van der Waals surface area contributed by atoms with Crippen LogP contribution in [0.4, 0.5) is 23.7 Å². The number of carbonyl (C=O) groups excluding carboxylic acids is 2. The zero-order chi connectivity index (χ0) is 19.6. The highest BCUT2D eigenvalue weighted by molar-refractivity contribution is 6.05. The predicted octanol–water partition coefficient (Wildman–Crippen LogP) is 3.48. The van der Waals surface area contributed by atoms with E-state index in [4.69, 9.17) is 0 Å². The number of alkyl halides is 3. The lowest BCUT2D eigenvalue weighted by Crippen LogP contribution is -2.36. The van der Waals surface area contributed by atoms with Crippen molar-refractivity contribution in [1.29, 1.82) is 0 Å². The van der Waals surface area contributed by atoms with Gasteiger partial charge < -0.3 is 15.0 Å². The number of aromatic nitrogens is 1. The summed E-state index contributed by atoms with van der Waals surface area (Å²) in [4.78, 5) is 29.7. The molecule has 142 valence electrons. The molecule has 9 heteroatoms. The number of amides is 2. The van der Waals surface area contributed by atoms with Crippen LogP contribution in [0.5, 0.6) is 0 Å². The number of nitrogens with one attached hydrogen (secondary N) is 1. The molecule has 1 aliphatic heterocycles. The molecule has 1 aromatic carbocycles. The summed E-state index contributed by atoms with van der Waals surface area (Å²) in [5.41, 5.74) is 0.261. The van der Waals surface area contributed by atoms with Crippen molar-refractivity contribution < 1.29 is 27.5 Å². The van der Waals surface area contributed by atoms with Crippen LogP contribution in [0.25, 0.3) is 0 Å². The van der Waals surface area contributed by atoms with Gasteiger partial charge in [-0.1, -0.05) is 12.1 Å². The third-order valence-corrected chi connectivity index (χ3v) is 4.30. The molecule has 1 aromatic heterocycles. The van der Waals surface area contributed by atoms with Gasteiger partial charge in [0.15, 0.2) is 0 Å². The van der Waals surface area contributed by atoms with Gasteiger partial charge in [0.25, 0.3) is 5.91 Å². The highest BCUT2D eigenvalue weighted by Crippen LogP contribution is 2.35. The van der Waals surface area contributed by atoms with E-state index >= 15 is 0 Å². The number of hydrogen-bond acceptors (Lipinski definition) is 4. The van der Waals surface area contributed by atoms with Crippen molar-refractivity contribution >= 4 is 17.7 Å². The van der Waals surface area contributed by atoms with E-state index in [1.54, 1.807) is 0 Å². The molecule has 0 saturated carbocycles. The second kappa shape index (κ2) is 7.26. The van der Waals surface area contributed by atoms with Gasteiger partial charge in [-0.15, -0.1) is 0 Å². The van der Waals surface area contributed by atoms with E-state index in [0.29, 0.717) is 24.1 Å². The number of para-hydroxylation sites is 1. The molecule has 0 atom stereocenters. The first-order chi connectivity index (χ1) is 12.8. The Bertz CT molecular complexity index is 884. The summed E-state index contributed by atoms with van der Waals surface area (Å²) in [6.07, 6.45) is -1.85. The molecule has 2 aromatic rings. The van der Waals surface area contributed by atoms with Crippen LogP contribution in [0.3, 0.4) is 0 Å². The molecule has 6 nitrogen and oxygen atoms in total. The fourth-order valence-corrected chi connectivity index (χ4v) is 3.00. The van der Waals surface area contributed by atoms with Crippen LogP contribution in [-0.4, -0.2) is 35.5 Å². The standard InChI is InChI=1S/C18H16F3N3O3/c1-27-17(26)24-7-6-12-11(10-24)8-22-9-13(12)16(25)23-15-5-3-2-4-14(15)18(19,20)21/h2-5,8-9H,6-7,10H2,1H3,(H,23,25). The van der Waals surface area contributed by atoms with Crippen LogP contribution >= 0.6 is 0 Å². The average molecular weight is 379 g/mol. The molecule has 2 heterocycles. The number of nitrogens with zero attached hydrogens (tertiary/aromatic N) is 2. The van der Waals surface area contributed by atoms with E-state index in [2.05, 4.69) is 15.0 Å². The number of halogens is 3. The number of hydrogen-bond donors (Lipinski definition) is 1. The van der Waals surface area contributed by atoms with Gasteiger partial charge in [-0.05, 0) is 29.7 Å². The highest BCUT2D eigenvalue weighted by atomic mass is 19.4. The number of benzene rings is 1. The van der Waals surface area contributed by atoms with Crippen LogP contribution in [0.2, 0.25) is 0 Å². The molecule has 0 radical (unpaired) electrons. The van der Waals surface area contributed by atoms with Crippen LogP contribution in [0.15, 0.2) is 36.7 Å². The quantitative estimate of drug-likeness (QED) is 0.867. The molecule has 0 saturated heterocycles. The molecule has 0 aliphatic carbocycles. The van der Waals surface area contributed by atoms with Gasteiger partial charge >= 0.3 is 12.3 Å². The lowest BCUT2D eigenvalue weighted by atomic mass is 9.97. The van der Waals surface area contributed by atoms with E-state index in [-0.39, 0.29) is 17.8 Å². The van der Waals surface area contributed by atoms with Gasteiger partial charge in [0.2, 0.25) is 0 Å². The first kappa shape index (κ1) is 18.7. The van der Waals surface area contributed by atoms with Crippen LogP contribution in [-0.2, 0) is 23.9 Å². The largest absolute Gasteiger partial charge is 0.453 e. The topological polar surface area (TPSA) is 71.5 Å². The van der Waals surface area contributed by atoms with Crippen molar-refractivity contribution in [3.8, 4) is 0 Å². The van der Waals surface area contributed by atoms with Gasteiger partial charge in [0.1, 0.15) is 0 Å². The Balaban J connectivity index is 1.87. The number of rotatable bonds is 2. The van der Waals surface area contributed by atoms with E-state index in [9.17, 15) is 22.8 Å². The van der Waals surface area contributed by atoms with Crippen LogP contribution in [0, 0.1) is 0 Å². The molecule has 27 heavy (non-hydrogen) atoms. The first-order valence-electron chi connectivity index (χ1n) is 8.07. The second-order valence-electron chi connectivity index (χ2n) is 5.96. The highest BCUT2D eigenvalue weighted by Gasteiger charge is 2.34. The molecule has 2 amide bonds. The Kier molecular flexibility index (Phi) is 5.02. The Morgan fingerprint density at radius 1 is 1.22 bits per heavy atom. The summed E-state index contributed by atoms with van der Waals surface area (Å²) in [5, 5.41) is 2.32. The normalized spacial score (nSPS) is 13.7. The first-order valence-corrected chi connectivity index (χ1v) is 8.07. The van der Waals surface area contributed by atoms with E-state index < -0.39 is 23.7 Å². The zero-order valence-electron chi connectivity index (χ0n) is 14.3. The van der Waals surface area contributed by atoms with Crippen LogP contribution < -0.4 is 5.32 Å². The number of pyridine rings is 1. The van der Waals surface area contributed by atoms with Crippen molar-refractivity contribution in [3.05, 3.63) is 58.9 Å². The summed E-state index contributed by atoms with van der Waals surface area (Å²) in [7, 11) is 1.28. The number of methoxy groups -OCH3 is 1. The Labute approximate surface area is 152 Å².